The Labute approximate surface area is 87.7 Å². The van der Waals surface area contributed by atoms with E-state index in [0.717, 1.165) is 0 Å². The molecular weight excluding hydrogens is 196 g/mol. The summed E-state index contributed by atoms with van der Waals surface area (Å²) in [5.74, 6) is -0.158. The van der Waals surface area contributed by atoms with E-state index in [9.17, 15) is 4.79 Å². The first-order chi connectivity index (χ1) is 7.10. The van der Waals surface area contributed by atoms with Crippen LogP contribution in [0.25, 0.3) is 0 Å². The van der Waals surface area contributed by atoms with Crippen LogP contribution in [0, 0.1) is 0 Å². The van der Waals surface area contributed by atoms with Gasteiger partial charge in [0, 0.05) is 6.07 Å². The van der Waals surface area contributed by atoms with Crippen molar-refractivity contribution in [3.05, 3.63) is 36.1 Å². The van der Waals surface area contributed by atoms with Crippen LogP contribution in [0.15, 0.2) is 30.5 Å². The molecule has 0 aliphatic rings. The van der Waals surface area contributed by atoms with Gasteiger partial charge in [-0.15, -0.1) is 0 Å². The first-order valence-corrected chi connectivity index (χ1v) is 4.24. The molecule has 80 valence electrons. The molecule has 0 saturated carbocycles. The second-order valence-electron chi connectivity index (χ2n) is 2.84. The summed E-state index contributed by atoms with van der Waals surface area (Å²) in [6.07, 6.45) is 0. The Morgan fingerprint density at radius 1 is 1.33 bits per heavy atom. The van der Waals surface area contributed by atoms with Gasteiger partial charge in [-0.1, -0.05) is 6.58 Å². The molecule has 0 atom stereocenters. The number of rotatable bonds is 4. The summed E-state index contributed by atoms with van der Waals surface area (Å²) in [5.41, 5.74) is 0.255. The van der Waals surface area contributed by atoms with Gasteiger partial charge in [-0.2, -0.15) is 0 Å². The van der Waals surface area contributed by atoms with Gasteiger partial charge in [-0.05, 0) is 12.1 Å². The molecule has 0 bridgehead atoms. The summed E-state index contributed by atoms with van der Waals surface area (Å²) in [7, 11) is 2.95. The minimum absolute atomic E-state index is 0.255. The molecule has 0 aliphatic heterocycles. The van der Waals surface area contributed by atoms with Gasteiger partial charge >= 0.3 is 0 Å². The zero-order valence-electron chi connectivity index (χ0n) is 8.61. The third-order valence-electron chi connectivity index (χ3n) is 1.92. The average molecular weight is 208 g/mol. The van der Waals surface area contributed by atoms with E-state index in [2.05, 4.69) is 6.58 Å². The molecule has 15 heavy (non-hydrogen) atoms. The minimum Gasteiger partial charge on any atom is -0.505 e. The van der Waals surface area contributed by atoms with Gasteiger partial charge in [0.15, 0.2) is 5.76 Å². The van der Waals surface area contributed by atoms with Crippen molar-refractivity contribution in [3.8, 4) is 11.5 Å². The lowest BCUT2D eigenvalue weighted by Gasteiger charge is -2.08. The van der Waals surface area contributed by atoms with Crippen molar-refractivity contribution in [2.75, 3.05) is 14.2 Å². The van der Waals surface area contributed by atoms with E-state index in [0.29, 0.717) is 11.5 Å². The lowest BCUT2D eigenvalue weighted by atomic mass is 10.1. The molecule has 0 radical (unpaired) electrons. The number of ether oxygens (including phenoxy) is 2. The zero-order valence-corrected chi connectivity index (χ0v) is 8.61. The molecule has 1 N–H and O–H groups in total. The van der Waals surface area contributed by atoms with Gasteiger partial charge in [0.1, 0.15) is 11.5 Å². The third kappa shape index (κ3) is 2.28. The molecule has 0 aromatic heterocycles. The van der Waals surface area contributed by atoms with Gasteiger partial charge in [-0.25, -0.2) is 0 Å². The standard InChI is InChI=1S/C11H12O4/c1-7(12)11(13)9-5-4-8(14-2)6-10(9)15-3/h4-6,12H,1H2,2-3H3. The van der Waals surface area contributed by atoms with E-state index in [1.807, 2.05) is 0 Å². The van der Waals surface area contributed by atoms with Crippen LogP contribution in [-0.4, -0.2) is 25.1 Å². The smallest absolute Gasteiger partial charge is 0.230 e. The van der Waals surface area contributed by atoms with E-state index in [1.165, 1.54) is 20.3 Å². The molecule has 4 nitrogen and oxygen atoms in total. The number of benzene rings is 1. The van der Waals surface area contributed by atoms with Crippen LogP contribution in [0.2, 0.25) is 0 Å². The average Bonchev–Trinajstić information content (AvgIpc) is 2.27. The van der Waals surface area contributed by atoms with Crippen LogP contribution < -0.4 is 9.47 Å². The van der Waals surface area contributed by atoms with Crippen molar-refractivity contribution in [1.82, 2.24) is 0 Å². The maximum absolute atomic E-state index is 11.5. The first-order valence-electron chi connectivity index (χ1n) is 4.24. The van der Waals surface area contributed by atoms with Crippen molar-refractivity contribution in [1.29, 1.82) is 0 Å². The number of carbonyl (C=O) groups excluding carboxylic acids is 1. The van der Waals surface area contributed by atoms with Gasteiger partial charge in [-0.3, -0.25) is 4.79 Å². The number of carbonyl (C=O) groups is 1. The van der Waals surface area contributed by atoms with Crippen LogP contribution in [0.3, 0.4) is 0 Å². The van der Waals surface area contributed by atoms with Crippen molar-refractivity contribution < 1.29 is 19.4 Å². The Kier molecular flexibility index (Phi) is 3.33. The number of hydrogen-bond donors (Lipinski definition) is 1. The Morgan fingerprint density at radius 2 is 2.00 bits per heavy atom. The molecule has 0 amide bonds. The van der Waals surface area contributed by atoms with Gasteiger partial charge in [0.2, 0.25) is 5.78 Å². The van der Waals surface area contributed by atoms with Crippen LogP contribution in [-0.2, 0) is 0 Å². The second kappa shape index (κ2) is 4.50. The number of ketones is 1. The van der Waals surface area contributed by atoms with Crippen LogP contribution >= 0.6 is 0 Å². The molecule has 1 aromatic carbocycles. The van der Waals surface area contributed by atoms with Gasteiger partial charge < -0.3 is 14.6 Å². The summed E-state index contributed by atoms with van der Waals surface area (Å²) in [6.45, 7) is 3.17. The third-order valence-corrected chi connectivity index (χ3v) is 1.92. The van der Waals surface area contributed by atoms with Crippen LogP contribution in [0.4, 0.5) is 0 Å². The van der Waals surface area contributed by atoms with E-state index < -0.39 is 11.5 Å². The fraction of sp³-hybridized carbons (Fsp3) is 0.182. The highest BCUT2D eigenvalue weighted by Crippen LogP contribution is 2.25. The summed E-state index contributed by atoms with van der Waals surface area (Å²) < 4.78 is 9.98. The number of methoxy groups -OCH3 is 2. The maximum Gasteiger partial charge on any atom is 0.230 e. The molecule has 0 unspecified atom stereocenters. The van der Waals surface area contributed by atoms with Crippen molar-refractivity contribution in [2.45, 2.75) is 0 Å². The molecule has 1 aromatic rings. The monoisotopic (exact) mass is 208 g/mol. The van der Waals surface area contributed by atoms with Gasteiger partial charge in [0.05, 0.1) is 19.8 Å². The molecule has 0 aliphatic carbocycles. The molecule has 0 heterocycles. The van der Waals surface area contributed by atoms with Gasteiger partial charge in [0.25, 0.3) is 0 Å². The number of Topliss-reactive ketones (excluding diaryl/α,β-unsaturated/α-hetero) is 1. The predicted octanol–water partition coefficient (Wildman–Crippen LogP) is 1.96. The number of allylic oxidation sites excluding steroid dienone is 1. The van der Waals surface area contributed by atoms with Crippen molar-refractivity contribution in [2.24, 2.45) is 0 Å². The quantitative estimate of drug-likeness (QED) is 0.467. The van der Waals surface area contributed by atoms with E-state index in [-0.39, 0.29) is 5.56 Å². The van der Waals surface area contributed by atoms with E-state index in [1.54, 1.807) is 12.1 Å². The molecule has 1 rings (SSSR count). The van der Waals surface area contributed by atoms with Crippen molar-refractivity contribution in [3.63, 3.8) is 0 Å². The molecule has 4 heteroatoms. The normalized spacial score (nSPS) is 9.47. The molecular formula is C11H12O4. The Hall–Kier alpha value is -1.97. The zero-order chi connectivity index (χ0) is 11.4. The second-order valence-corrected chi connectivity index (χ2v) is 2.84. The first kappa shape index (κ1) is 11.1. The van der Waals surface area contributed by atoms with E-state index in [4.69, 9.17) is 14.6 Å². The molecule has 0 fully saturated rings. The summed E-state index contributed by atoms with van der Waals surface area (Å²) in [4.78, 5) is 11.5. The highest BCUT2D eigenvalue weighted by atomic mass is 16.5. The highest BCUT2D eigenvalue weighted by Gasteiger charge is 2.15. The lowest BCUT2D eigenvalue weighted by Crippen LogP contribution is -2.04. The fourth-order valence-electron chi connectivity index (χ4n) is 1.14. The maximum atomic E-state index is 11.5. The van der Waals surface area contributed by atoms with E-state index >= 15 is 0 Å². The molecule has 0 spiro atoms. The largest absolute Gasteiger partial charge is 0.505 e. The Morgan fingerprint density at radius 3 is 2.47 bits per heavy atom. The molecule has 0 saturated heterocycles. The fourth-order valence-corrected chi connectivity index (χ4v) is 1.14. The van der Waals surface area contributed by atoms with Crippen LogP contribution in [0.5, 0.6) is 11.5 Å². The predicted molar refractivity (Wildman–Crippen MR) is 55.6 cm³/mol. The minimum atomic E-state index is -0.561. The number of aliphatic hydroxyl groups is 1. The van der Waals surface area contributed by atoms with Crippen LogP contribution in [0.1, 0.15) is 10.4 Å². The summed E-state index contributed by atoms with van der Waals surface area (Å²) in [5, 5.41) is 8.99. The SMILES string of the molecule is C=C(O)C(=O)c1ccc(OC)cc1OC. The Balaban J connectivity index is 3.18. The summed E-state index contributed by atoms with van der Waals surface area (Å²) >= 11 is 0. The number of hydrogen-bond acceptors (Lipinski definition) is 4. The highest BCUT2D eigenvalue weighted by molar-refractivity contribution is 6.08. The lowest BCUT2D eigenvalue weighted by molar-refractivity contribution is 0.0976. The Bertz CT molecular complexity index is 396. The van der Waals surface area contributed by atoms with Crippen molar-refractivity contribution >= 4 is 5.78 Å². The topological polar surface area (TPSA) is 55.8 Å². The number of aliphatic hydroxyl groups excluding tert-OH is 1. The summed E-state index contributed by atoms with van der Waals surface area (Å²) in [6, 6.07) is 4.69.